The molecule has 1 N–H and O–H groups in total. The molecule has 0 bridgehead atoms. The molecule has 2 aliphatic rings. The Kier molecular flexibility index (Phi) is 4.50. The number of nitrogens with one attached hydrogen (secondary N) is 1. The van der Waals surface area contributed by atoms with Gasteiger partial charge in [-0.05, 0) is 53.5 Å². The molecule has 0 radical (unpaired) electrons. The van der Waals surface area contributed by atoms with Crippen LogP contribution in [0.4, 0.5) is 0 Å². The molecule has 5 nitrogen and oxygen atoms in total. The summed E-state index contributed by atoms with van der Waals surface area (Å²) in [7, 11) is -3.19. The van der Waals surface area contributed by atoms with Gasteiger partial charge in [0.05, 0.1) is 17.0 Å². The maximum Gasteiger partial charge on any atom is 0.214 e. The first-order valence-electron chi connectivity index (χ1n) is 7.51. The molecule has 0 aromatic rings. The van der Waals surface area contributed by atoms with Crippen LogP contribution < -0.4 is 5.32 Å². The van der Waals surface area contributed by atoms with Crippen LogP contribution in [-0.2, 0) is 14.8 Å². The number of nitrogens with zero attached hydrogens (tertiary/aromatic N) is 1. The first-order valence-corrected chi connectivity index (χ1v) is 9.12. The second-order valence-corrected chi connectivity index (χ2v) is 9.38. The van der Waals surface area contributed by atoms with E-state index in [0.717, 1.165) is 6.54 Å². The van der Waals surface area contributed by atoms with E-state index in [-0.39, 0.29) is 5.75 Å². The van der Waals surface area contributed by atoms with Crippen molar-refractivity contribution in [2.24, 2.45) is 0 Å². The molecule has 0 unspecified atom stereocenters. The van der Waals surface area contributed by atoms with E-state index in [1.165, 1.54) is 12.8 Å². The smallest absolute Gasteiger partial charge is 0.214 e. The summed E-state index contributed by atoms with van der Waals surface area (Å²) in [5.41, 5.74) is -0.859. The number of sulfonamides is 1. The molecule has 0 atom stereocenters. The van der Waals surface area contributed by atoms with Crippen molar-refractivity contribution in [3.05, 3.63) is 0 Å². The van der Waals surface area contributed by atoms with Crippen LogP contribution >= 0.6 is 0 Å². The third-order valence-electron chi connectivity index (χ3n) is 3.65. The van der Waals surface area contributed by atoms with E-state index in [1.807, 2.05) is 27.7 Å². The number of ether oxygens (including phenoxy) is 1. The van der Waals surface area contributed by atoms with Gasteiger partial charge in [-0.3, -0.25) is 0 Å². The molecule has 0 amide bonds. The lowest BCUT2D eigenvalue weighted by molar-refractivity contribution is -0.163. The molecule has 118 valence electrons. The molecule has 1 aliphatic heterocycles. The van der Waals surface area contributed by atoms with Gasteiger partial charge in [-0.15, -0.1) is 0 Å². The number of hydrogen-bond donors (Lipinski definition) is 1. The quantitative estimate of drug-likeness (QED) is 0.753. The molecule has 2 fully saturated rings. The predicted molar refractivity (Wildman–Crippen MR) is 80.2 cm³/mol. The molecule has 2 rings (SSSR count). The summed E-state index contributed by atoms with van der Waals surface area (Å²) in [6.07, 6.45) is 3.15. The Morgan fingerprint density at radius 2 is 1.70 bits per heavy atom. The van der Waals surface area contributed by atoms with E-state index >= 15 is 0 Å². The Hall–Kier alpha value is -0.170. The second-order valence-electron chi connectivity index (χ2n) is 7.29. The summed E-state index contributed by atoms with van der Waals surface area (Å²) in [5, 5.41) is 3.36. The predicted octanol–water partition coefficient (Wildman–Crippen LogP) is 1.35. The standard InChI is InChI=1S/C14H28N2O3S/c1-13(2)10-16(11-14(3,4)19-13)20(17,18)9-5-8-15-12-6-7-12/h12,15H,5-11H2,1-4H3. The summed E-state index contributed by atoms with van der Waals surface area (Å²) in [6.45, 7) is 9.47. The zero-order valence-corrected chi connectivity index (χ0v) is 13.9. The Morgan fingerprint density at radius 3 is 2.20 bits per heavy atom. The Bertz CT molecular complexity index is 425. The highest BCUT2D eigenvalue weighted by atomic mass is 32.2. The van der Waals surface area contributed by atoms with Crippen molar-refractivity contribution in [1.82, 2.24) is 9.62 Å². The average molecular weight is 304 g/mol. The largest absolute Gasteiger partial charge is 0.367 e. The van der Waals surface area contributed by atoms with Gasteiger partial charge >= 0.3 is 0 Å². The van der Waals surface area contributed by atoms with Crippen LogP contribution in [0.15, 0.2) is 0 Å². The van der Waals surface area contributed by atoms with Crippen molar-refractivity contribution in [2.75, 3.05) is 25.4 Å². The van der Waals surface area contributed by atoms with Crippen LogP contribution in [0.1, 0.15) is 47.0 Å². The second kappa shape index (κ2) is 5.55. The highest BCUT2D eigenvalue weighted by Gasteiger charge is 2.42. The van der Waals surface area contributed by atoms with E-state index < -0.39 is 21.2 Å². The maximum atomic E-state index is 12.5. The van der Waals surface area contributed by atoms with Crippen LogP contribution in [0.5, 0.6) is 0 Å². The topological polar surface area (TPSA) is 58.6 Å². The lowest BCUT2D eigenvalue weighted by Gasteiger charge is -2.46. The van der Waals surface area contributed by atoms with Crippen molar-refractivity contribution in [2.45, 2.75) is 64.2 Å². The van der Waals surface area contributed by atoms with Gasteiger partial charge in [-0.25, -0.2) is 8.42 Å². The van der Waals surface area contributed by atoms with Gasteiger partial charge in [0, 0.05) is 19.1 Å². The monoisotopic (exact) mass is 304 g/mol. The van der Waals surface area contributed by atoms with E-state index in [4.69, 9.17) is 4.74 Å². The van der Waals surface area contributed by atoms with Crippen molar-refractivity contribution in [1.29, 1.82) is 0 Å². The minimum Gasteiger partial charge on any atom is -0.367 e. The Balaban J connectivity index is 1.89. The fourth-order valence-electron chi connectivity index (χ4n) is 2.89. The zero-order valence-electron chi connectivity index (χ0n) is 13.1. The summed E-state index contributed by atoms with van der Waals surface area (Å²) in [5.74, 6) is 0.221. The number of hydrogen-bond acceptors (Lipinski definition) is 4. The fourth-order valence-corrected chi connectivity index (χ4v) is 4.67. The van der Waals surface area contributed by atoms with E-state index in [9.17, 15) is 8.42 Å². The summed E-state index contributed by atoms with van der Waals surface area (Å²) < 4.78 is 32.5. The first kappa shape index (κ1) is 16.2. The summed E-state index contributed by atoms with van der Waals surface area (Å²) in [6, 6.07) is 0.638. The van der Waals surface area contributed by atoms with Gasteiger partial charge in [-0.1, -0.05) is 0 Å². The Labute approximate surface area is 123 Å². The molecule has 6 heteroatoms. The molecule has 0 aromatic carbocycles. The van der Waals surface area contributed by atoms with Gasteiger partial charge in [-0.2, -0.15) is 4.31 Å². The molecule has 1 heterocycles. The van der Waals surface area contributed by atoms with Gasteiger partial charge in [0.15, 0.2) is 0 Å². The van der Waals surface area contributed by atoms with Gasteiger partial charge in [0.1, 0.15) is 0 Å². The van der Waals surface area contributed by atoms with Crippen molar-refractivity contribution < 1.29 is 13.2 Å². The normalized spacial score (nSPS) is 26.6. The minimum absolute atomic E-state index is 0.221. The van der Waals surface area contributed by atoms with Crippen LogP contribution in [-0.4, -0.2) is 55.4 Å². The van der Waals surface area contributed by atoms with Gasteiger partial charge < -0.3 is 10.1 Å². The SMILES string of the molecule is CC1(C)CN(S(=O)(=O)CCCNC2CC2)CC(C)(C)O1. The molecule has 0 aromatic heterocycles. The zero-order chi connectivity index (χ0) is 15.0. The van der Waals surface area contributed by atoms with Crippen LogP contribution in [0, 0.1) is 0 Å². The highest BCUT2D eigenvalue weighted by Crippen LogP contribution is 2.29. The summed E-state index contributed by atoms with van der Waals surface area (Å²) in [4.78, 5) is 0. The number of rotatable bonds is 6. The van der Waals surface area contributed by atoms with Crippen LogP contribution in [0.25, 0.3) is 0 Å². The van der Waals surface area contributed by atoms with Crippen molar-refractivity contribution in [3.63, 3.8) is 0 Å². The van der Waals surface area contributed by atoms with Crippen molar-refractivity contribution >= 4 is 10.0 Å². The minimum atomic E-state index is -3.19. The molecule has 1 aliphatic carbocycles. The lowest BCUT2D eigenvalue weighted by atomic mass is 10.0. The average Bonchev–Trinajstić information content (AvgIpc) is 3.03. The first-order chi connectivity index (χ1) is 9.10. The molecule has 0 spiro atoms. The summed E-state index contributed by atoms with van der Waals surface area (Å²) >= 11 is 0. The van der Waals surface area contributed by atoms with Crippen LogP contribution in [0.3, 0.4) is 0 Å². The lowest BCUT2D eigenvalue weighted by Crippen LogP contribution is -2.58. The molecular weight excluding hydrogens is 276 g/mol. The van der Waals surface area contributed by atoms with Gasteiger partial charge in [0.2, 0.25) is 10.0 Å². The van der Waals surface area contributed by atoms with Crippen LogP contribution in [0.2, 0.25) is 0 Å². The third-order valence-corrected chi connectivity index (χ3v) is 5.50. The molecule has 1 saturated carbocycles. The molecule has 1 saturated heterocycles. The Morgan fingerprint density at radius 1 is 1.15 bits per heavy atom. The molecule has 20 heavy (non-hydrogen) atoms. The van der Waals surface area contributed by atoms with Gasteiger partial charge in [0.25, 0.3) is 0 Å². The molecular formula is C14H28N2O3S. The third kappa shape index (κ3) is 4.69. The highest BCUT2D eigenvalue weighted by molar-refractivity contribution is 7.89. The van der Waals surface area contributed by atoms with E-state index in [2.05, 4.69) is 5.32 Å². The maximum absolute atomic E-state index is 12.5. The fraction of sp³-hybridized carbons (Fsp3) is 1.00. The van der Waals surface area contributed by atoms with E-state index in [0.29, 0.717) is 25.6 Å². The van der Waals surface area contributed by atoms with E-state index in [1.54, 1.807) is 4.31 Å². The number of morpholine rings is 1. The van der Waals surface area contributed by atoms with Crippen molar-refractivity contribution in [3.8, 4) is 0 Å².